The van der Waals surface area contributed by atoms with Crippen LogP contribution in [0.1, 0.15) is 39.5 Å². The van der Waals surface area contributed by atoms with Crippen LogP contribution < -0.4 is 10.6 Å². The highest BCUT2D eigenvalue weighted by Crippen LogP contribution is 2.43. The van der Waals surface area contributed by atoms with Gasteiger partial charge in [0, 0.05) is 19.3 Å². The first-order chi connectivity index (χ1) is 12.7. The van der Waals surface area contributed by atoms with Crippen molar-refractivity contribution >= 4 is 28.5 Å². The molecule has 3 N–H and O–H groups in total. The second-order valence-corrected chi connectivity index (χ2v) is 7.62. The van der Waals surface area contributed by atoms with Crippen LogP contribution in [0, 0.1) is 5.41 Å². The van der Waals surface area contributed by atoms with E-state index < -0.39 is 0 Å². The number of anilines is 1. The Kier molecular flexibility index (Phi) is 6.37. The summed E-state index contributed by atoms with van der Waals surface area (Å²) < 4.78 is 0. The van der Waals surface area contributed by atoms with Crippen LogP contribution >= 0.6 is 11.6 Å². The molecule has 7 heteroatoms. The molecule has 4 rings (SSSR count). The minimum Gasteiger partial charge on any atom is -0.355 e. The molecular weight excluding hydrogens is 348 g/mol. The van der Waals surface area contributed by atoms with E-state index in [2.05, 4.69) is 24.8 Å². The van der Waals surface area contributed by atoms with Crippen molar-refractivity contribution in [3.05, 3.63) is 17.5 Å². The van der Waals surface area contributed by atoms with Crippen molar-refractivity contribution in [1.29, 1.82) is 0 Å². The van der Waals surface area contributed by atoms with E-state index in [-0.39, 0.29) is 0 Å². The number of likely N-dealkylation sites (tertiary alicyclic amines) is 1. The van der Waals surface area contributed by atoms with Gasteiger partial charge in [-0.25, -0.2) is 9.97 Å². The van der Waals surface area contributed by atoms with Gasteiger partial charge in [0.25, 0.3) is 0 Å². The first-order valence-corrected chi connectivity index (χ1v) is 10.2. The summed E-state index contributed by atoms with van der Waals surface area (Å²) in [5, 5.41) is 1.66. The maximum Gasteiger partial charge on any atom is 0.144 e. The lowest BCUT2D eigenvalue weighted by Gasteiger charge is -2.39. The summed E-state index contributed by atoms with van der Waals surface area (Å²) in [6.07, 6.45) is 8.30. The Morgan fingerprint density at radius 3 is 2.65 bits per heavy atom. The molecule has 6 nitrogen and oxygen atoms in total. The zero-order valence-electron chi connectivity index (χ0n) is 16.0. The minimum atomic E-state index is 0.430. The Balaban J connectivity index is 0.000000948. The van der Waals surface area contributed by atoms with Crippen LogP contribution in [0.2, 0.25) is 5.02 Å². The lowest BCUT2D eigenvalue weighted by atomic mass is 9.78. The van der Waals surface area contributed by atoms with Crippen LogP contribution in [0.15, 0.2) is 12.5 Å². The number of nitrogens with one attached hydrogen (secondary N) is 1. The van der Waals surface area contributed by atoms with Crippen molar-refractivity contribution in [1.82, 2.24) is 19.9 Å². The third-order valence-corrected chi connectivity index (χ3v) is 6.03. The molecule has 0 amide bonds. The highest BCUT2D eigenvalue weighted by atomic mass is 35.5. The van der Waals surface area contributed by atoms with Gasteiger partial charge in [0.1, 0.15) is 17.8 Å². The van der Waals surface area contributed by atoms with Crippen molar-refractivity contribution in [2.45, 2.75) is 39.5 Å². The fourth-order valence-electron chi connectivity index (χ4n) is 4.24. The normalized spacial score (nSPS) is 19.8. The van der Waals surface area contributed by atoms with E-state index in [1.54, 1.807) is 12.5 Å². The lowest BCUT2D eigenvalue weighted by Crippen LogP contribution is -2.42. The minimum absolute atomic E-state index is 0.430. The Labute approximate surface area is 161 Å². The Morgan fingerprint density at radius 1 is 1.19 bits per heavy atom. The molecular formula is C19H31ClN6. The van der Waals surface area contributed by atoms with Crippen LogP contribution in [-0.2, 0) is 0 Å². The number of rotatable bonds is 4. The van der Waals surface area contributed by atoms with E-state index in [9.17, 15) is 0 Å². The molecule has 2 aromatic heterocycles. The molecule has 0 saturated carbocycles. The molecule has 0 radical (unpaired) electrons. The summed E-state index contributed by atoms with van der Waals surface area (Å²) in [6.45, 7) is 10.4. The number of fused-ring (bicyclic) bond motifs is 1. The molecule has 2 fully saturated rings. The summed E-state index contributed by atoms with van der Waals surface area (Å²) in [6, 6.07) is 0. The number of piperidine rings is 1. The van der Waals surface area contributed by atoms with E-state index in [0.717, 1.165) is 49.5 Å². The monoisotopic (exact) mass is 378 g/mol. The van der Waals surface area contributed by atoms with E-state index in [4.69, 9.17) is 17.3 Å². The molecule has 0 aromatic carbocycles. The standard InChI is InChI=1S/C17H25ClN6.C2H6/c18-13-10-20-15-14(13)16(22-12-21-15)24-9-4-17(11-24)2-7-23(8-3-17)6-1-5-19;1-2/h10,12H,1-9,11,19H2,(H,20,21,22);1-2H3. The second-order valence-electron chi connectivity index (χ2n) is 7.21. The van der Waals surface area contributed by atoms with Gasteiger partial charge in [0.2, 0.25) is 0 Å². The van der Waals surface area contributed by atoms with E-state index >= 15 is 0 Å². The molecule has 144 valence electrons. The Hall–Kier alpha value is -1.37. The van der Waals surface area contributed by atoms with Gasteiger partial charge in [-0.1, -0.05) is 25.4 Å². The van der Waals surface area contributed by atoms with Gasteiger partial charge in [-0.05, 0) is 57.3 Å². The fraction of sp³-hybridized carbons (Fsp3) is 0.684. The van der Waals surface area contributed by atoms with E-state index in [0.29, 0.717) is 10.4 Å². The summed E-state index contributed by atoms with van der Waals surface area (Å²) in [4.78, 5) is 16.9. The second kappa shape index (κ2) is 8.55. The molecule has 2 aromatic rings. The van der Waals surface area contributed by atoms with Gasteiger partial charge < -0.3 is 20.5 Å². The van der Waals surface area contributed by atoms with Gasteiger partial charge in [0.15, 0.2) is 0 Å². The van der Waals surface area contributed by atoms with Crippen LogP contribution in [0.4, 0.5) is 5.82 Å². The predicted octanol–water partition coefficient (Wildman–Crippen LogP) is 3.28. The number of halogens is 1. The number of hydrogen-bond acceptors (Lipinski definition) is 5. The van der Waals surface area contributed by atoms with Gasteiger partial charge in [-0.3, -0.25) is 0 Å². The number of nitrogens with two attached hydrogens (primary N) is 1. The van der Waals surface area contributed by atoms with Crippen molar-refractivity contribution in [2.24, 2.45) is 11.1 Å². The van der Waals surface area contributed by atoms with E-state index in [1.165, 1.54) is 32.4 Å². The molecule has 0 aliphatic carbocycles. The van der Waals surface area contributed by atoms with Crippen molar-refractivity contribution in [3.63, 3.8) is 0 Å². The topological polar surface area (TPSA) is 74.1 Å². The maximum atomic E-state index is 6.35. The van der Waals surface area contributed by atoms with Crippen molar-refractivity contribution in [3.8, 4) is 0 Å². The highest BCUT2D eigenvalue weighted by molar-refractivity contribution is 6.36. The van der Waals surface area contributed by atoms with Gasteiger partial charge in [-0.2, -0.15) is 0 Å². The molecule has 0 atom stereocenters. The molecule has 0 unspecified atom stereocenters. The predicted molar refractivity (Wildman–Crippen MR) is 109 cm³/mol. The van der Waals surface area contributed by atoms with Crippen LogP contribution in [0.3, 0.4) is 0 Å². The number of nitrogens with zero attached hydrogens (tertiary/aromatic N) is 4. The number of aromatic nitrogens is 3. The average molecular weight is 379 g/mol. The number of aromatic amines is 1. The molecule has 0 bridgehead atoms. The average Bonchev–Trinajstić information content (AvgIpc) is 3.28. The lowest BCUT2D eigenvalue weighted by molar-refractivity contribution is 0.120. The molecule has 2 saturated heterocycles. The number of H-pyrrole nitrogens is 1. The van der Waals surface area contributed by atoms with E-state index in [1.807, 2.05) is 13.8 Å². The molecule has 2 aliphatic heterocycles. The smallest absolute Gasteiger partial charge is 0.144 e. The molecule has 1 spiro atoms. The summed E-state index contributed by atoms with van der Waals surface area (Å²) >= 11 is 6.35. The highest BCUT2D eigenvalue weighted by Gasteiger charge is 2.41. The van der Waals surface area contributed by atoms with Crippen LogP contribution in [0.5, 0.6) is 0 Å². The largest absolute Gasteiger partial charge is 0.355 e. The summed E-state index contributed by atoms with van der Waals surface area (Å²) in [7, 11) is 0. The van der Waals surface area contributed by atoms with Gasteiger partial charge in [-0.15, -0.1) is 0 Å². The van der Waals surface area contributed by atoms with Crippen molar-refractivity contribution < 1.29 is 0 Å². The number of hydrogen-bond donors (Lipinski definition) is 2. The van der Waals surface area contributed by atoms with Gasteiger partial charge in [0.05, 0.1) is 10.4 Å². The summed E-state index contributed by atoms with van der Waals surface area (Å²) in [5.41, 5.74) is 6.89. The Morgan fingerprint density at radius 2 is 1.92 bits per heavy atom. The van der Waals surface area contributed by atoms with Crippen LogP contribution in [0.25, 0.3) is 11.0 Å². The first-order valence-electron chi connectivity index (χ1n) is 9.86. The first kappa shape index (κ1) is 19.4. The van der Waals surface area contributed by atoms with Crippen molar-refractivity contribution in [2.75, 3.05) is 44.2 Å². The third kappa shape index (κ3) is 3.82. The zero-order chi connectivity index (χ0) is 18.6. The summed E-state index contributed by atoms with van der Waals surface area (Å²) in [5.74, 6) is 0.980. The third-order valence-electron chi connectivity index (χ3n) is 5.73. The Bertz CT molecular complexity index is 707. The zero-order valence-corrected chi connectivity index (χ0v) is 16.7. The molecule has 2 aliphatic rings. The van der Waals surface area contributed by atoms with Crippen LogP contribution in [-0.4, -0.2) is 59.1 Å². The maximum absolute atomic E-state index is 6.35. The van der Waals surface area contributed by atoms with Gasteiger partial charge >= 0.3 is 0 Å². The quantitative estimate of drug-likeness (QED) is 0.853. The molecule has 26 heavy (non-hydrogen) atoms. The fourth-order valence-corrected chi connectivity index (χ4v) is 4.47. The molecule has 4 heterocycles. The SMILES string of the molecule is CC.NCCCN1CCC2(CC1)CCN(c1ncnc3[nH]cc(Cl)c13)C2.